The number of anilines is 1. The monoisotopic (exact) mass is 335 g/mol. The number of amides is 2. The van der Waals surface area contributed by atoms with Crippen LogP contribution < -0.4 is 10.6 Å². The van der Waals surface area contributed by atoms with Crippen molar-refractivity contribution in [3.05, 3.63) is 24.5 Å². The van der Waals surface area contributed by atoms with Crippen LogP contribution in [0.4, 0.5) is 10.5 Å². The zero-order valence-electron chi connectivity index (χ0n) is 13.8. The summed E-state index contributed by atoms with van der Waals surface area (Å²) in [4.78, 5) is 15.8. The van der Waals surface area contributed by atoms with Crippen LogP contribution in [-0.2, 0) is 14.2 Å². The topological polar surface area (TPSA) is 81.7 Å². The first-order chi connectivity index (χ1) is 11.8. The van der Waals surface area contributed by atoms with E-state index in [0.29, 0.717) is 25.4 Å². The van der Waals surface area contributed by atoms with Crippen LogP contribution in [0.1, 0.15) is 25.7 Å². The number of nitrogens with one attached hydrogen (secondary N) is 2. The van der Waals surface area contributed by atoms with E-state index in [1.807, 2.05) is 0 Å². The van der Waals surface area contributed by atoms with Gasteiger partial charge >= 0.3 is 6.03 Å². The average Bonchev–Trinajstić information content (AvgIpc) is 3.16. The number of urea groups is 1. The van der Waals surface area contributed by atoms with Gasteiger partial charge in [-0.2, -0.15) is 0 Å². The third-order valence-corrected chi connectivity index (χ3v) is 4.67. The molecule has 0 radical (unpaired) electrons. The van der Waals surface area contributed by atoms with Crippen molar-refractivity contribution < 1.29 is 19.0 Å². The summed E-state index contributed by atoms with van der Waals surface area (Å²) in [6, 6.07) is 3.38. The maximum absolute atomic E-state index is 11.9. The summed E-state index contributed by atoms with van der Waals surface area (Å²) in [6.07, 6.45) is 6.87. The molecule has 0 spiro atoms. The highest BCUT2D eigenvalue weighted by atomic mass is 16.7. The van der Waals surface area contributed by atoms with Crippen molar-refractivity contribution in [1.29, 1.82) is 0 Å². The van der Waals surface area contributed by atoms with Gasteiger partial charge in [-0.3, -0.25) is 4.98 Å². The Bertz CT molecular complexity index is 514. The van der Waals surface area contributed by atoms with E-state index < -0.39 is 0 Å². The lowest BCUT2D eigenvalue weighted by Crippen LogP contribution is -2.42. The molecule has 2 aliphatic heterocycles. The Morgan fingerprint density at radius 2 is 2.04 bits per heavy atom. The van der Waals surface area contributed by atoms with Crippen LogP contribution in [0.3, 0.4) is 0 Å². The lowest BCUT2D eigenvalue weighted by molar-refractivity contribution is -0.168. The number of ether oxygens (including phenoxy) is 3. The predicted molar refractivity (Wildman–Crippen MR) is 88.7 cm³/mol. The Labute approximate surface area is 142 Å². The fourth-order valence-corrected chi connectivity index (χ4v) is 3.35. The van der Waals surface area contributed by atoms with Gasteiger partial charge in [0.15, 0.2) is 6.29 Å². The van der Waals surface area contributed by atoms with E-state index in [1.54, 1.807) is 24.5 Å². The van der Waals surface area contributed by atoms with E-state index in [4.69, 9.17) is 14.2 Å². The van der Waals surface area contributed by atoms with E-state index in [1.165, 1.54) is 0 Å². The van der Waals surface area contributed by atoms with Gasteiger partial charge in [-0.1, -0.05) is 0 Å². The van der Waals surface area contributed by atoms with Gasteiger partial charge < -0.3 is 24.8 Å². The second-order valence-electron chi connectivity index (χ2n) is 6.27. The normalized spacial score (nSPS) is 20.7. The summed E-state index contributed by atoms with van der Waals surface area (Å²) in [7, 11) is 0. The van der Waals surface area contributed by atoms with Gasteiger partial charge in [0.1, 0.15) is 0 Å². The third kappa shape index (κ3) is 4.43. The predicted octanol–water partition coefficient (Wildman–Crippen LogP) is 2.15. The van der Waals surface area contributed by atoms with Gasteiger partial charge in [-0.05, 0) is 37.8 Å². The number of hydrogen-bond acceptors (Lipinski definition) is 5. The Kier molecular flexibility index (Phi) is 6.01. The molecule has 7 heteroatoms. The van der Waals surface area contributed by atoms with E-state index in [2.05, 4.69) is 15.6 Å². The largest absolute Gasteiger partial charge is 0.381 e. The first-order valence-corrected chi connectivity index (χ1v) is 8.54. The molecule has 2 saturated heterocycles. The van der Waals surface area contributed by atoms with E-state index in [-0.39, 0.29) is 17.7 Å². The van der Waals surface area contributed by atoms with Crippen LogP contribution in [-0.4, -0.2) is 50.3 Å². The first kappa shape index (κ1) is 17.1. The molecule has 3 rings (SSSR count). The molecular weight excluding hydrogens is 310 g/mol. The summed E-state index contributed by atoms with van der Waals surface area (Å²) < 4.78 is 17.0. The molecule has 7 nitrogen and oxygen atoms in total. The quantitative estimate of drug-likeness (QED) is 0.779. The fraction of sp³-hybridized carbons (Fsp3) is 0.647. The molecule has 1 aromatic heterocycles. The number of carbonyl (C=O) groups excluding carboxylic acids is 1. The Morgan fingerprint density at radius 3 is 2.75 bits per heavy atom. The number of hydrogen-bond donors (Lipinski definition) is 2. The van der Waals surface area contributed by atoms with Gasteiger partial charge in [-0.15, -0.1) is 0 Å². The van der Waals surface area contributed by atoms with Crippen molar-refractivity contribution in [2.45, 2.75) is 32.0 Å². The smallest absolute Gasteiger partial charge is 0.319 e. The second kappa shape index (κ2) is 8.41. The standard InChI is InChI=1S/C17H25N3O4/c21-16(20-14-3-1-7-18-13-14)19-8-2-4-17(5-9-22-10-6-17)15-23-11-12-24-15/h1,3,7,13,15H,2,4-6,8-12H2,(H2,19,20,21). The van der Waals surface area contributed by atoms with Crippen LogP contribution in [0, 0.1) is 5.41 Å². The van der Waals surface area contributed by atoms with Crippen LogP contribution in [0.2, 0.25) is 0 Å². The average molecular weight is 335 g/mol. The molecule has 0 bridgehead atoms. The highest BCUT2D eigenvalue weighted by Gasteiger charge is 2.43. The van der Waals surface area contributed by atoms with Gasteiger partial charge in [-0.25, -0.2) is 4.79 Å². The summed E-state index contributed by atoms with van der Waals surface area (Å²) in [5.74, 6) is 0. The minimum Gasteiger partial charge on any atom is -0.381 e. The molecule has 2 fully saturated rings. The molecule has 3 heterocycles. The number of aromatic nitrogens is 1. The van der Waals surface area contributed by atoms with Crippen molar-refractivity contribution in [3.63, 3.8) is 0 Å². The van der Waals surface area contributed by atoms with Crippen molar-refractivity contribution in [2.24, 2.45) is 5.41 Å². The van der Waals surface area contributed by atoms with Gasteiger partial charge in [0.2, 0.25) is 0 Å². The maximum Gasteiger partial charge on any atom is 0.319 e. The van der Waals surface area contributed by atoms with Crippen molar-refractivity contribution in [1.82, 2.24) is 10.3 Å². The summed E-state index contributed by atoms with van der Waals surface area (Å²) in [6.45, 7) is 3.44. The Morgan fingerprint density at radius 1 is 1.25 bits per heavy atom. The molecule has 24 heavy (non-hydrogen) atoms. The van der Waals surface area contributed by atoms with Crippen LogP contribution in [0.25, 0.3) is 0 Å². The minimum atomic E-state index is -0.211. The molecular formula is C17H25N3O4. The summed E-state index contributed by atoms with van der Waals surface area (Å²) in [5.41, 5.74) is 0.694. The first-order valence-electron chi connectivity index (χ1n) is 8.54. The van der Waals surface area contributed by atoms with Crippen molar-refractivity contribution >= 4 is 11.7 Å². The summed E-state index contributed by atoms with van der Waals surface area (Å²) in [5, 5.41) is 5.65. The molecule has 2 aliphatic rings. The number of pyridine rings is 1. The van der Waals surface area contributed by atoms with Crippen molar-refractivity contribution in [2.75, 3.05) is 38.3 Å². The molecule has 0 aromatic carbocycles. The number of nitrogens with zero attached hydrogens (tertiary/aromatic N) is 1. The maximum atomic E-state index is 11.9. The molecule has 1 aromatic rings. The Hall–Kier alpha value is -1.70. The van der Waals surface area contributed by atoms with Crippen LogP contribution >= 0.6 is 0 Å². The molecule has 0 saturated carbocycles. The molecule has 0 atom stereocenters. The van der Waals surface area contributed by atoms with Gasteiger partial charge in [0, 0.05) is 31.4 Å². The number of rotatable bonds is 6. The van der Waals surface area contributed by atoms with E-state index >= 15 is 0 Å². The summed E-state index contributed by atoms with van der Waals surface area (Å²) >= 11 is 0. The second-order valence-corrected chi connectivity index (χ2v) is 6.27. The zero-order valence-corrected chi connectivity index (χ0v) is 13.8. The van der Waals surface area contributed by atoms with Gasteiger partial charge in [0.25, 0.3) is 0 Å². The van der Waals surface area contributed by atoms with Crippen LogP contribution in [0.15, 0.2) is 24.5 Å². The fourth-order valence-electron chi connectivity index (χ4n) is 3.35. The molecule has 2 N–H and O–H groups in total. The van der Waals surface area contributed by atoms with Gasteiger partial charge in [0.05, 0.1) is 25.1 Å². The third-order valence-electron chi connectivity index (χ3n) is 4.67. The van der Waals surface area contributed by atoms with E-state index in [9.17, 15) is 4.79 Å². The van der Waals surface area contributed by atoms with Crippen LogP contribution in [0.5, 0.6) is 0 Å². The lowest BCUT2D eigenvalue weighted by atomic mass is 9.75. The van der Waals surface area contributed by atoms with E-state index in [0.717, 1.165) is 38.9 Å². The SMILES string of the molecule is O=C(NCCCC1(C2OCCO2)CCOCC1)Nc1cccnc1. The highest BCUT2D eigenvalue weighted by Crippen LogP contribution is 2.42. The zero-order chi connectivity index (χ0) is 16.7. The lowest BCUT2D eigenvalue weighted by Gasteiger charge is -2.40. The molecule has 132 valence electrons. The highest BCUT2D eigenvalue weighted by molar-refractivity contribution is 5.88. The minimum absolute atomic E-state index is 0.0102. The number of carbonyl (C=O) groups is 1. The van der Waals surface area contributed by atoms with Crippen molar-refractivity contribution in [3.8, 4) is 0 Å². The molecule has 0 aliphatic carbocycles. The Balaban J connectivity index is 1.43. The molecule has 0 unspecified atom stereocenters. The molecule has 2 amide bonds.